The molecule has 2 atom stereocenters. The molecule has 0 saturated carbocycles. The van der Waals surface area contributed by atoms with Crippen LogP contribution in [0.3, 0.4) is 0 Å². The van der Waals surface area contributed by atoms with Crippen LogP contribution >= 0.6 is 0 Å². The maximum absolute atomic E-state index is 2.42. The van der Waals surface area contributed by atoms with E-state index in [0.29, 0.717) is 11.8 Å². The van der Waals surface area contributed by atoms with Gasteiger partial charge in [-0.05, 0) is 33.4 Å². The van der Waals surface area contributed by atoms with Gasteiger partial charge in [-0.25, -0.2) is 0 Å². The van der Waals surface area contributed by atoms with Gasteiger partial charge in [-0.1, -0.05) is 74.5 Å². The molecule has 0 fully saturated rings. The van der Waals surface area contributed by atoms with Crippen molar-refractivity contribution in [2.75, 3.05) is 0 Å². The van der Waals surface area contributed by atoms with E-state index in [1.165, 1.54) is 33.4 Å². The van der Waals surface area contributed by atoms with Gasteiger partial charge in [-0.2, -0.15) is 0 Å². The fraction of sp³-hybridized carbons (Fsp3) is 0.200. The van der Waals surface area contributed by atoms with E-state index in [4.69, 9.17) is 0 Å². The molecule has 4 rings (SSSR count). The molecule has 2 unspecified atom stereocenters. The average Bonchev–Trinajstić information content (AvgIpc) is 2.99. The van der Waals surface area contributed by atoms with E-state index in [1.54, 1.807) is 0 Å². The van der Waals surface area contributed by atoms with Crippen LogP contribution in [0, 0.1) is 0 Å². The van der Waals surface area contributed by atoms with Crippen molar-refractivity contribution in [1.82, 2.24) is 0 Å². The first-order chi connectivity index (χ1) is 9.75. The van der Waals surface area contributed by atoms with Gasteiger partial charge in [0.05, 0.1) is 0 Å². The van der Waals surface area contributed by atoms with E-state index >= 15 is 0 Å². The molecule has 2 aromatic rings. The zero-order valence-corrected chi connectivity index (χ0v) is 11.9. The van der Waals surface area contributed by atoms with Crippen molar-refractivity contribution < 1.29 is 0 Å². The lowest BCUT2D eigenvalue weighted by atomic mass is 9.94. The minimum Gasteiger partial charge on any atom is -0.0688 e. The smallest absolute Gasteiger partial charge is 0.000514 e. The number of fused-ring (bicyclic) bond motifs is 2. The normalized spacial score (nSPS) is 23.1. The zero-order valence-electron chi connectivity index (χ0n) is 11.9. The molecular weight excluding hydrogens is 240 g/mol. The lowest BCUT2D eigenvalue weighted by Gasteiger charge is -2.09. The number of hydrogen-bond donors (Lipinski definition) is 0. The van der Waals surface area contributed by atoms with Crippen molar-refractivity contribution >= 4 is 11.1 Å². The first kappa shape index (κ1) is 11.7. The zero-order chi connectivity index (χ0) is 13.7. The van der Waals surface area contributed by atoms with Crippen molar-refractivity contribution in [3.63, 3.8) is 0 Å². The summed E-state index contributed by atoms with van der Waals surface area (Å²) in [6.07, 6.45) is 4.84. The molecule has 20 heavy (non-hydrogen) atoms. The summed E-state index contributed by atoms with van der Waals surface area (Å²) in [5.74, 6) is 1.04. The molecule has 0 aromatic heterocycles. The van der Waals surface area contributed by atoms with Crippen LogP contribution < -0.4 is 0 Å². The largest absolute Gasteiger partial charge is 0.0688 e. The maximum atomic E-state index is 2.42. The molecule has 0 heteroatoms. The second-order valence-electron chi connectivity index (χ2n) is 5.91. The number of hydrogen-bond acceptors (Lipinski definition) is 0. The summed E-state index contributed by atoms with van der Waals surface area (Å²) in [6.45, 7) is 4.58. The Hall–Kier alpha value is -2.08. The molecular formula is C20H18. The predicted octanol–water partition coefficient (Wildman–Crippen LogP) is 5.39. The first-order valence-corrected chi connectivity index (χ1v) is 7.38. The summed E-state index contributed by atoms with van der Waals surface area (Å²) in [5, 5.41) is 0. The lowest BCUT2D eigenvalue weighted by molar-refractivity contribution is 0.989. The molecule has 0 heterocycles. The molecule has 2 aromatic carbocycles. The molecule has 0 radical (unpaired) electrons. The summed E-state index contributed by atoms with van der Waals surface area (Å²) in [7, 11) is 0. The second-order valence-corrected chi connectivity index (χ2v) is 5.91. The third-order valence-electron chi connectivity index (χ3n) is 4.61. The molecule has 0 bridgehead atoms. The average molecular weight is 258 g/mol. The molecule has 0 aliphatic heterocycles. The highest BCUT2D eigenvalue weighted by atomic mass is 14.3. The van der Waals surface area contributed by atoms with E-state index in [0.717, 1.165) is 0 Å². The Morgan fingerprint density at radius 3 is 1.45 bits per heavy atom. The highest BCUT2D eigenvalue weighted by Crippen LogP contribution is 2.47. The summed E-state index contributed by atoms with van der Waals surface area (Å²) in [6, 6.07) is 17.6. The molecule has 0 spiro atoms. The monoisotopic (exact) mass is 258 g/mol. The van der Waals surface area contributed by atoms with Crippen molar-refractivity contribution in [3.05, 3.63) is 82.9 Å². The first-order valence-electron chi connectivity index (χ1n) is 7.38. The fourth-order valence-electron chi connectivity index (χ4n) is 3.61. The summed E-state index contributed by atoms with van der Waals surface area (Å²) in [4.78, 5) is 0. The van der Waals surface area contributed by atoms with Crippen LogP contribution in [0.15, 0.2) is 60.7 Å². The van der Waals surface area contributed by atoms with Gasteiger partial charge < -0.3 is 0 Å². The van der Waals surface area contributed by atoms with Crippen molar-refractivity contribution in [2.45, 2.75) is 25.7 Å². The maximum Gasteiger partial charge on any atom is 0.000514 e. The SMILES string of the molecule is CC1C=C(C2=CC(C)c3ccccc32)c2ccccc21. The Balaban J connectivity index is 1.89. The van der Waals surface area contributed by atoms with E-state index in [-0.39, 0.29) is 0 Å². The number of rotatable bonds is 1. The van der Waals surface area contributed by atoms with Crippen LogP contribution in [-0.4, -0.2) is 0 Å². The third-order valence-corrected chi connectivity index (χ3v) is 4.61. The van der Waals surface area contributed by atoms with Gasteiger partial charge >= 0.3 is 0 Å². The standard InChI is InChI=1S/C20H18/c1-13-11-19(17-9-5-3-7-15(13)17)20-12-14(2)16-8-4-6-10-18(16)20/h3-14H,1-2H3. The third kappa shape index (κ3) is 1.54. The van der Waals surface area contributed by atoms with Crippen LogP contribution in [0.4, 0.5) is 0 Å². The molecule has 0 nitrogen and oxygen atoms in total. The van der Waals surface area contributed by atoms with Crippen molar-refractivity contribution in [1.29, 1.82) is 0 Å². The minimum absolute atomic E-state index is 0.519. The predicted molar refractivity (Wildman–Crippen MR) is 85.7 cm³/mol. The summed E-state index contributed by atoms with van der Waals surface area (Å²) in [5.41, 5.74) is 8.58. The fourth-order valence-corrected chi connectivity index (χ4v) is 3.61. The van der Waals surface area contributed by atoms with Gasteiger partial charge in [0.2, 0.25) is 0 Å². The van der Waals surface area contributed by atoms with Crippen LogP contribution in [0.5, 0.6) is 0 Å². The number of benzene rings is 2. The van der Waals surface area contributed by atoms with Gasteiger partial charge in [0.1, 0.15) is 0 Å². The van der Waals surface area contributed by atoms with E-state index in [2.05, 4.69) is 74.5 Å². The van der Waals surface area contributed by atoms with Gasteiger partial charge in [0.25, 0.3) is 0 Å². The Morgan fingerprint density at radius 2 is 1.00 bits per heavy atom. The van der Waals surface area contributed by atoms with Crippen molar-refractivity contribution in [2.24, 2.45) is 0 Å². The lowest BCUT2D eigenvalue weighted by Crippen LogP contribution is -1.89. The number of allylic oxidation sites excluding steroid dienone is 4. The quantitative estimate of drug-likeness (QED) is 0.643. The molecule has 0 N–H and O–H groups in total. The molecule has 0 saturated heterocycles. The Labute approximate surface area is 120 Å². The van der Waals surface area contributed by atoms with Gasteiger partial charge in [0, 0.05) is 11.8 Å². The van der Waals surface area contributed by atoms with Crippen molar-refractivity contribution in [3.8, 4) is 0 Å². The van der Waals surface area contributed by atoms with E-state index < -0.39 is 0 Å². The Bertz CT molecular complexity index is 681. The Kier molecular flexibility index (Phi) is 2.47. The molecule has 2 aliphatic carbocycles. The topological polar surface area (TPSA) is 0 Å². The summed E-state index contributed by atoms with van der Waals surface area (Å²) < 4.78 is 0. The van der Waals surface area contributed by atoms with E-state index in [9.17, 15) is 0 Å². The highest BCUT2D eigenvalue weighted by Gasteiger charge is 2.27. The Morgan fingerprint density at radius 1 is 0.600 bits per heavy atom. The second kappa shape index (κ2) is 4.21. The van der Waals surface area contributed by atoms with Gasteiger partial charge in [0.15, 0.2) is 0 Å². The molecule has 2 aliphatic rings. The van der Waals surface area contributed by atoms with Gasteiger partial charge in [-0.3, -0.25) is 0 Å². The van der Waals surface area contributed by atoms with Gasteiger partial charge in [-0.15, -0.1) is 0 Å². The van der Waals surface area contributed by atoms with Crippen LogP contribution in [0.1, 0.15) is 47.9 Å². The van der Waals surface area contributed by atoms with Crippen LogP contribution in [0.2, 0.25) is 0 Å². The summed E-state index contributed by atoms with van der Waals surface area (Å²) >= 11 is 0. The van der Waals surface area contributed by atoms with E-state index in [1.807, 2.05) is 0 Å². The highest BCUT2D eigenvalue weighted by molar-refractivity contribution is 6.09. The molecule has 98 valence electrons. The molecule has 0 amide bonds. The van der Waals surface area contributed by atoms with Crippen LogP contribution in [-0.2, 0) is 0 Å². The minimum atomic E-state index is 0.519. The van der Waals surface area contributed by atoms with Crippen LogP contribution in [0.25, 0.3) is 11.1 Å².